The first kappa shape index (κ1) is 21.9. The van der Waals surface area contributed by atoms with Crippen LogP contribution in [0.3, 0.4) is 0 Å². The fraction of sp³-hybridized carbons (Fsp3) is 1.00. The number of unbranched alkanes of at least 4 members (excludes halogenated alkanes) is 6. The Labute approximate surface area is 149 Å². The summed E-state index contributed by atoms with van der Waals surface area (Å²) in [7, 11) is 3.11. The normalized spacial score (nSPS) is 16.6. The van der Waals surface area contributed by atoms with Gasteiger partial charge < -0.3 is 0 Å². The van der Waals surface area contributed by atoms with Gasteiger partial charge >= 0.3 is 0 Å². The number of hydrogen-bond acceptors (Lipinski definition) is 4. The Kier molecular flexibility index (Phi) is 12.8. The topological polar surface area (TPSA) is 36.9 Å². The predicted molar refractivity (Wildman–Crippen MR) is 97.3 cm³/mol. The molecule has 0 unspecified atom stereocenters. The van der Waals surface area contributed by atoms with E-state index in [0.717, 1.165) is 31.6 Å². The van der Waals surface area contributed by atoms with Crippen LogP contribution >= 0.6 is 0 Å². The van der Waals surface area contributed by atoms with E-state index in [9.17, 15) is 0 Å². The lowest BCUT2D eigenvalue weighted by molar-refractivity contribution is -0.503. The van der Waals surface area contributed by atoms with Gasteiger partial charge in [-0.25, -0.2) is 9.78 Å². The van der Waals surface area contributed by atoms with Crippen LogP contribution in [0.15, 0.2) is 0 Å². The lowest BCUT2D eigenvalue weighted by Gasteiger charge is -2.32. The van der Waals surface area contributed by atoms with E-state index in [1.807, 2.05) is 0 Å². The van der Waals surface area contributed by atoms with E-state index in [-0.39, 0.29) is 0 Å². The van der Waals surface area contributed by atoms with Crippen LogP contribution in [0.1, 0.15) is 103 Å². The van der Waals surface area contributed by atoms with Crippen molar-refractivity contribution in [1.82, 2.24) is 0 Å². The maximum atomic E-state index is 5.56. The molecule has 0 aromatic rings. The Balaban J connectivity index is 2.35. The summed E-state index contributed by atoms with van der Waals surface area (Å²) in [6.45, 7) is 2.25. The SMILES string of the molecule is CCCCCCCCCC(CCC1CCCCC1)(OOC)OOC. The number of rotatable bonds is 15. The number of hydrogen-bond donors (Lipinski definition) is 0. The molecule has 1 aliphatic carbocycles. The van der Waals surface area contributed by atoms with Gasteiger partial charge in [0.05, 0.1) is 14.2 Å². The van der Waals surface area contributed by atoms with Crippen molar-refractivity contribution in [1.29, 1.82) is 0 Å². The van der Waals surface area contributed by atoms with Crippen molar-refractivity contribution in [2.24, 2.45) is 5.92 Å². The summed E-state index contributed by atoms with van der Waals surface area (Å²) in [4.78, 5) is 21.1. The molecule has 1 aliphatic rings. The minimum atomic E-state index is -0.746. The lowest BCUT2D eigenvalue weighted by atomic mass is 9.84. The van der Waals surface area contributed by atoms with E-state index in [1.165, 1.54) is 70.6 Å². The molecule has 0 aromatic carbocycles. The minimum Gasteiger partial charge on any atom is -0.237 e. The van der Waals surface area contributed by atoms with Crippen LogP contribution in [0.2, 0.25) is 0 Å². The summed E-state index contributed by atoms with van der Waals surface area (Å²) in [5, 5.41) is 0. The Morgan fingerprint density at radius 3 is 1.92 bits per heavy atom. The summed E-state index contributed by atoms with van der Waals surface area (Å²) in [5.41, 5.74) is 0. The van der Waals surface area contributed by atoms with Crippen molar-refractivity contribution in [3.05, 3.63) is 0 Å². The van der Waals surface area contributed by atoms with E-state index in [2.05, 4.69) is 6.92 Å². The van der Waals surface area contributed by atoms with Crippen molar-refractivity contribution in [2.45, 2.75) is 109 Å². The molecule has 0 radical (unpaired) electrons. The highest BCUT2D eigenvalue weighted by Gasteiger charge is 2.35. The zero-order valence-electron chi connectivity index (χ0n) is 16.3. The summed E-state index contributed by atoms with van der Waals surface area (Å²) in [6.07, 6.45) is 18.5. The molecule has 0 N–H and O–H groups in total. The fourth-order valence-electron chi connectivity index (χ4n) is 3.86. The Morgan fingerprint density at radius 2 is 1.33 bits per heavy atom. The second-order valence-corrected chi connectivity index (χ2v) is 7.32. The molecule has 0 spiro atoms. The van der Waals surface area contributed by atoms with Crippen molar-refractivity contribution >= 4 is 0 Å². The van der Waals surface area contributed by atoms with Gasteiger partial charge in [-0.05, 0) is 18.8 Å². The standard InChI is InChI=1S/C20H40O4/c1-4-5-6-7-8-9-13-17-20(23-21-2,24-22-3)18-16-19-14-11-10-12-15-19/h19H,4-18H2,1-3H3. The molecule has 0 saturated heterocycles. The summed E-state index contributed by atoms with van der Waals surface area (Å²) in [5.74, 6) is 0.0535. The summed E-state index contributed by atoms with van der Waals surface area (Å²) >= 11 is 0. The molecular formula is C20H40O4. The third-order valence-electron chi connectivity index (χ3n) is 5.29. The van der Waals surface area contributed by atoms with Gasteiger partial charge in [0, 0.05) is 12.8 Å². The van der Waals surface area contributed by atoms with E-state index >= 15 is 0 Å². The molecule has 1 rings (SSSR count). The van der Waals surface area contributed by atoms with Crippen LogP contribution in [-0.2, 0) is 19.6 Å². The maximum absolute atomic E-state index is 5.56. The van der Waals surface area contributed by atoms with Gasteiger partial charge in [-0.3, -0.25) is 0 Å². The molecule has 24 heavy (non-hydrogen) atoms. The Bertz CT molecular complexity index is 271. The molecule has 1 fully saturated rings. The van der Waals surface area contributed by atoms with E-state index in [1.54, 1.807) is 14.2 Å². The zero-order chi connectivity index (χ0) is 17.5. The van der Waals surface area contributed by atoms with Crippen LogP contribution < -0.4 is 0 Å². The van der Waals surface area contributed by atoms with Crippen molar-refractivity contribution in [3.63, 3.8) is 0 Å². The van der Waals surface area contributed by atoms with E-state index < -0.39 is 5.79 Å². The molecule has 0 aliphatic heterocycles. The van der Waals surface area contributed by atoms with Gasteiger partial charge in [0.15, 0.2) is 0 Å². The average Bonchev–Trinajstić information content (AvgIpc) is 2.61. The van der Waals surface area contributed by atoms with Crippen molar-refractivity contribution < 1.29 is 19.6 Å². The van der Waals surface area contributed by atoms with Gasteiger partial charge in [0.25, 0.3) is 0 Å². The van der Waals surface area contributed by atoms with Crippen LogP contribution in [0.4, 0.5) is 0 Å². The fourth-order valence-corrected chi connectivity index (χ4v) is 3.86. The summed E-state index contributed by atoms with van der Waals surface area (Å²) in [6, 6.07) is 0. The molecule has 4 heteroatoms. The van der Waals surface area contributed by atoms with Gasteiger partial charge in [-0.2, -0.15) is 9.78 Å². The first-order chi connectivity index (χ1) is 11.8. The van der Waals surface area contributed by atoms with Crippen LogP contribution in [0, 0.1) is 5.92 Å². The molecule has 0 atom stereocenters. The second-order valence-electron chi connectivity index (χ2n) is 7.32. The van der Waals surface area contributed by atoms with E-state index in [4.69, 9.17) is 19.6 Å². The highest BCUT2D eigenvalue weighted by molar-refractivity contribution is 4.73. The molecule has 4 nitrogen and oxygen atoms in total. The smallest absolute Gasteiger partial charge is 0.233 e. The first-order valence-corrected chi connectivity index (χ1v) is 10.2. The molecule has 0 amide bonds. The third kappa shape index (κ3) is 9.36. The van der Waals surface area contributed by atoms with Crippen LogP contribution in [0.25, 0.3) is 0 Å². The Hall–Kier alpha value is -0.160. The third-order valence-corrected chi connectivity index (χ3v) is 5.29. The van der Waals surface area contributed by atoms with Gasteiger partial charge in [0.2, 0.25) is 5.79 Å². The molecule has 0 bridgehead atoms. The molecule has 144 valence electrons. The highest BCUT2D eigenvalue weighted by atomic mass is 17.3. The van der Waals surface area contributed by atoms with Gasteiger partial charge in [-0.15, -0.1) is 0 Å². The summed E-state index contributed by atoms with van der Waals surface area (Å²) < 4.78 is 0. The van der Waals surface area contributed by atoms with Crippen LogP contribution in [0.5, 0.6) is 0 Å². The largest absolute Gasteiger partial charge is 0.237 e. The average molecular weight is 345 g/mol. The predicted octanol–water partition coefficient (Wildman–Crippen LogP) is 6.34. The minimum absolute atomic E-state index is 0.746. The monoisotopic (exact) mass is 344 g/mol. The maximum Gasteiger partial charge on any atom is 0.233 e. The first-order valence-electron chi connectivity index (χ1n) is 10.2. The highest BCUT2D eigenvalue weighted by Crippen LogP contribution is 2.34. The van der Waals surface area contributed by atoms with Gasteiger partial charge in [-0.1, -0.05) is 77.6 Å². The zero-order valence-corrected chi connectivity index (χ0v) is 16.3. The quantitative estimate of drug-likeness (QED) is 0.150. The Morgan fingerprint density at radius 1 is 0.750 bits per heavy atom. The van der Waals surface area contributed by atoms with Crippen molar-refractivity contribution in [2.75, 3.05) is 14.2 Å². The lowest BCUT2D eigenvalue weighted by Crippen LogP contribution is -2.36. The second kappa shape index (κ2) is 14.1. The molecule has 1 saturated carbocycles. The van der Waals surface area contributed by atoms with E-state index in [0.29, 0.717) is 0 Å². The molecular weight excluding hydrogens is 304 g/mol. The molecule has 0 heterocycles. The van der Waals surface area contributed by atoms with Crippen molar-refractivity contribution in [3.8, 4) is 0 Å². The molecule has 0 aromatic heterocycles. The van der Waals surface area contributed by atoms with Crippen LogP contribution in [-0.4, -0.2) is 20.0 Å². The van der Waals surface area contributed by atoms with Gasteiger partial charge in [0.1, 0.15) is 0 Å².